The number of rotatable bonds is 0. The first-order valence-electron chi connectivity index (χ1n) is 7.64. The molecule has 1 aliphatic rings. The van der Waals surface area contributed by atoms with Crippen LogP contribution in [0.4, 0.5) is 17.5 Å². The van der Waals surface area contributed by atoms with Crippen LogP contribution in [0.1, 0.15) is 29.6 Å². The molecule has 1 aromatic heterocycles. The molecule has 4 bridgehead atoms. The average molecular weight is 376 g/mol. The minimum absolute atomic E-state index is 0.0564. The van der Waals surface area contributed by atoms with Crippen molar-refractivity contribution in [3.05, 3.63) is 40.5 Å². The molecule has 7 heteroatoms. The van der Waals surface area contributed by atoms with Crippen molar-refractivity contribution in [2.45, 2.75) is 19.3 Å². The summed E-state index contributed by atoms with van der Waals surface area (Å²) in [5.41, 5.74) is 1.40. The molecule has 2 aromatic rings. The Hall–Kier alpha value is -2.15. The quantitative estimate of drug-likeness (QED) is 0.658. The van der Waals surface area contributed by atoms with Gasteiger partial charge in [-0.2, -0.15) is 4.98 Å². The second-order valence-corrected chi connectivity index (χ2v) is 6.19. The molecule has 1 amide bonds. The summed E-state index contributed by atoms with van der Waals surface area (Å²) in [6.07, 6.45) is 4.73. The number of nitrogens with one attached hydrogen (secondary N) is 3. The molecule has 1 aliphatic heterocycles. The third-order valence-electron chi connectivity index (χ3n) is 3.56. The summed E-state index contributed by atoms with van der Waals surface area (Å²) in [5.74, 6) is 1.20. The number of hydrogen-bond donors (Lipinski definition) is 3. The predicted molar refractivity (Wildman–Crippen MR) is 94.1 cm³/mol. The smallest absolute Gasteiger partial charge is 0.251 e. The lowest BCUT2D eigenvalue weighted by Gasteiger charge is -2.10. The number of hydrogen-bond acceptors (Lipinski definition) is 5. The van der Waals surface area contributed by atoms with Crippen LogP contribution in [0.2, 0.25) is 0 Å². The first-order valence-corrected chi connectivity index (χ1v) is 8.43. The van der Waals surface area contributed by atoms with Crippen molar-refractivity contribution in [2.24, 2.45) is 0 Å². The number of anilines is 3. The summed E-state index contributed by atoms with van der Waals surface area (Å²) in [6, 6.07) is 7.32. The van der Waals surface area contributed by atoms with E-state index in [0.29, 0.717) is 18.1 Å². The van der Waals surface area contributed by atoms with E-state index in [0.717, 1.165) is 41.8 Å². The summed E-state index contributed by atoms with van der Waals surface area (Å²) in [6.45, 7) is 1.52. The third kappa shape index (κ3) is 4.19. The molecule has 6 nitrogen and oxygen atoms in total. The molecule has 23 heavy (non-hydrogen) atoms. The number of carbonyl (C=O) groups excluding carboxylic acids is 1. The van der Waals surface area contributed by atoms with Crippen LogP contribution >= 0.6 is 15.9 Å². The average Bonchev–Trinajstić information content (AvgIpc) is 2.56. The van der Waals surface area contributed by atoms with E-state index < -0.39 is 0 Å². The van der Waals surface area contributed by atoms with Gasteiger partial charge < -0.3 is 16.0 Å². The molecule has 120 valence electrons. The van der Waals surface area contributed by atoms with E-state index in [-0.39, 0.29) is 5.91 Å². The van der Waals surface area contributed by atoms with Gasteiger partial charge in [0.2, 0.25) is 5.95 Å². The Morgan fingerprint density at radius 2 is 1.91 bits per heavy atom. The van der Waals surface area contributed by atoms with Crippen LogP contribution in [0.25, 0.3) is 0 Å². The number of benzene rings is 1. The summed E-state index contributed by atoms with van der Waals surface area (Å²) in [5, 5.41) is 9.40. The van der Waals surface area contributed by atoms with Gasteiger partial charge in [0.15, 0.2) is 0 Å². The Morgan fingerprint density at radius 3 is 2.78 bits per heavy atom. The molecular weight excluding hydrogens is 358 g/mol. The summed E-state index contributed by atoms with van der Waals surface area (Å²) < 4.78 is 0.831. The molecule has 0 radical (unpaired) electrons. The minimum Gasteiger partial charge on any atom is -0.369 e. The van der Waals surface area contributed by atoms with Crippen LogP contribution in [0.15, 0.2) is 34.9 Å². The van der Waals surface area contributed by atoms with Crippen LogP contribution in [-0.4, -0.2) is 29.0 Å². The van der Waals surface area contributed by atoms with E-state index in [9.17, 15) is 4.79 Å². The monoisotopic (exact) mass is 375 g/mol. The van der Waals surface area contributed by atoms with Crippen LogP contribution in [0.5, 0.6) is 0 Å². The van der Waals surface area contributed by atoms with Crippen molar-refractivity contribution in [2.75, 3.05) is 23.7 Å². The molecule has 0 fully saturated rings. The molecule has 2 heterocycles. The molecule has 0 saturated carbocycles. The van der Waals surface area contributed by atoms with E-state index in [1.807, 2.05) is 12.1 Å². The molecule has 0 saturated heterocycles. The summed E-state index contributed by atoms with van der Waals surface area (Å²) in [4.78, 5) is 20.9. The Labute approximate surface area is 143 Å². The largest absolute Gasteiger partial charge is 0.369 e. The highest BCUT2D eigenvalue weighted by atomic mass is 79.9. The molecule has 0 aliphatic carbocycles. The minimum atomic E-state index is -0.0564. The van der Waals surface area contributed by atoms with Crippen molar-refractivity contribution < 1.29 is 4.79 Å². The van der Waals surface area contributed by atoms with E-state index in [2.05, 4.69) is 41.8 Å². The number of carbonyl (C=O) groups is 1. The normalized spacial score (nSPS) is 15.4. The maximum Gasteiger partial charge on any atom is 0.251 e. The lowest BCUT2D eigenvalue weighted by atomic mass is 10.2. The predicted octanol–water partition coefficient (Wildman–Crippen LogP) is 3.31. The standard InChI is InChI=1S/C16H18BrN5O/c17-13-10-20-16-21-12-6-4-5-11(9-12)15(23)19-8-3-1-2-7-18-14(13)22-16/h4-6,9-10H,1-3,7-8H2,(H,19,23)(H2,18,20,21,22). The zero-order chi connectivity index (χ0) is 16.1. The van der Waals surface area contributed by atoms with E-state index in [4.69, 9.17) is 0 Å². The van der Waals surface area contributed by atoms with Crippen molar-refractivity contribution in [3.8, 4) is 0 Å². The lowest BCUT2D eigenvalue weighted by Crippen LogP contribution is -2.24. The van der Waals surface area contributed by atoms with Crippen molar-refractivity contribution in [3.63, 3.8) is 0 Å². The van der Waals surface area contributed by atoms with Crippen LogP contribution in [0.3, 0.4) is 0 Å². The Balaban J connectivity index is 1.90. The number of nitrogens with zero attached hydrogens (tertiary/aromatic N) is 2. The molecular formula is C16H18BrN5O. The highest BCUT2D eigenvalue weighted by Crippen LogP contribution is 2.22. The number of amides is 1. The van der Waals surface area contributed by atoms with E-state index >= 15 is 0 Å². The topological polar surface area (TPSA) is 78.9 Å². The molecule has 3 N–H and O–H groups in total. The molecule has 0 unspecified atom stereocenters. The van der Waals surface area contributed by atoms with Gasteiger partial charge >= 0.3 is 0 Å². The van der Waals surface area contributed by atoms with Gasteiger partial charge in [-0.05, 0) is 53.4 Å². The summed E-state index contributed by atoms with van der Waals surface area (Å²) >= 11 is 3.46. The number of aromatic nitrogens is 2. The Morgan fingerprint density at radius 1 is 1.09 bits per heavy atom. The maximum absolute atomic E-state index is 12.1. The van der Waals surface area contributed by atoms with Gasteiger partial charge in [-0.1, -0.05) is 6.07 Å². The van der Waals surface area contributed by atoms with Crippen molar-refractivity contribution in [1.29, 1.82) is 0 Å². The zero-order valence-corrected chi connectivity index (χ0v) is 14.2. The zero-order valence-electron chi connectivity index (χ0n) is 12.6. The van der Waals surface area contributed by atoms with Gasteiger partial charge in [-0.3, -0.25) is 4.79 Å². The van der Waals surface area contributed by atoms with Gasteiger partial charge in [0.25, 0.3) is 5.91 Å². The fourth-order valence-corrected chi connectivity index (χ4v) is 2.69. The van der Waals surface area contributed by atoms with Crippen LogP contribution in [0, 0.1) is 0 Å². The van der Waals surface area contributed by atoms with Gasteiger partial charge in [-0.15, -0.1) is 0 Å². The van der Waals surface area contributed by atoms with Crippen molar-refractivity contribution >= 4 is 39.3 Å². The fraction of sp³-hybridized carbons (Fsp3) is 0.312. The van der Waals surface area contributed by atoms with Gasteiger partial charge in [0.1, 0.15) is 5.82 Å². The Bertz CT molecular complexity index is 707. The Kier molecular flexibility index (Phi) is 5.07. The van der Waals surface area contributed by atoms with Crippen LogP contribution in [-0.2, 0) is 0 Å². The summed E-state index contributed by atoms with van der Waals surface area (Å²) in [7, 11) is 0. The van der Waals surface area contributed by atoms with Crippen molar-refractivity contribution in [1.82, 2.24) is 15.3 Å². The highest BCUT2D eigenvalue weighted by molar-refractivity contribution is 9.10. The SMILES string of the molecule is O=C1NCCCCCNc2nc(ncc2Br)Nc2cccc1c2. The van der Waals surface area contributed by atoms with E-state index in [1.165, 1.54) is 0 Å². The first-order chi connectivity index (χ1) is 11.2. The number of fused-ring (bicyclic) bond motifs is 4. The molecule has 3 rings (SSSR count). The second-order valence-electron chi connectivity index (χ2n) is 5.34. The molecule has 0 atom stereocenters. The van der Waals surface area contributed by atoms with Gasteiger partial charge in [0, 0.05) is 30.5 Å². The molecule has 0 spiro atoms. The fourth-order valence-electron chi connectivity index (χ4n) is 2.36. The molecule has 1 aromatic carbocycles. The van der Waals surface area contributed by atoms with E-state index in [1.54, 1.807) is 18.3 Å². The lowest BCUT2D eigenvalue weighted by molar-refractivity contribution is 0.0953. The number of halogens is 1. The second kappa shape index (κ2) is 7.41. The van der Waals surface area contributed by atoms with Crippen LogP contribution < -0.4 is 16.0 Å². The van der Waals surface area contributed by atoms with Gasteiger partial charge in [0.05, 0.1) is 4.47 Å². The van der Waals surface area contributed by atoms with Gasteiger partial charge in [-0.25, -0.2) is 4.98 Å². The maximum atomic E-state index is 12.1. The first kappa shape index (κ1) is 15.7. The third-order valence-corrected chi connectivity index (χ3v) is 4.14. The highest BCUT2D eigenvalue weighted by Gasteiger charge is 2.09.